The molecule has 1 saturated heterocycles. The lowest BCUT2D eigenvalue weighted by atomic mass is 9.92. The average Bonchev–Trinajstić information content (AvgIpc) is 2.41. The normalized spacial score (nSPS) is 26.6. The van der Waals surface area contributed by atoms with Gasteiger partial charge in [-0.1, -0.05) is 6.92 Å². The Morgan fingerprint density at radius 2 is 1.95 bits per heavy atom. The first-order valence-electron chi connectivity index (χ1n) is 6.41. The van der Waals surface area contributed by atoms with Gasteiger partial charge in [-0.3, -0.25) is 14.5 Å². The van der Waals surface area contributed by atoms with Gasteiger partial charge in [0.1, 0.15) is 11.6 Å². The van der Waals surface area contributed by atoms with Crippen LogP contribution in [0.3, 0.4) is 0 Å². The Labute approximate surface area is 115 Å². The molecule has 1 aromatic carbocycles. The van der Waals surface area contributed by atoms with Crippen molar-refractivity contribution < 1.29 is 18.4 Å². The molecule has 1 aliphatic rings. The highest BCUT2D eigenvalue weighted by Gasteiger charge is 2.46. The van der Waals surface area contributed by atoms with Gasteiger partial charge in [-0.2, -0.15) is 0 Å². The van der Waals surface area contributed by atoms with Crippen LogP contribution in [0, 0.1) is 11.6 Å². The monoisotopic (exact) mass is 282 g/mol. The van der Waals surface area contributed by atoms with Gasteiger partial charge in [0.25, 0.3) is 5.91 Å². The molecule has 108 valence electrons. The summed E-state index contributed by atoms with van der Waals surface area (Å²) in [5.74, 6) is -2.70. The average molecular weight is 282 g/mol. The van der Waals surface area contributed by atoms with Gasteiger partial charge in [-0.05, 0) is 32.4 Å². The second kappa shape index (κ2) is 4.85. The molecule has 0 saturated carbocycles. The number of hydrogen-bond donors (Lipinski definition) is 1. The number of piperazine rings is 1. The van der Waals surface area contributed by atoms with E-state index in [1.165, 1.54) is 11.0 Å². The molecule has 6 heteroatoms. The molecule has 0 aromatic heterocycles. The molecule has 1 aromatic rings. The minimum Gasteiger partial charge on any atom is -0.340 e. The highest BCUT2D eigenvalue weighted by molar-refractivity contribution is 6.10. The lowest BCUT2D eigenvalue weighted by Gasteiger charge is -2.42. The van der Waals surface area contributed by atoms with E-state index in [9.17, 15) is 18.4 Å². The largest absolute Gasteiger partial charge is 0.340 e. The van der Waals surface area contributed by atoms with Gasteiger partial charge >= 0.3 is 0 Å². The molecular weight excluding hydrogens is 266 g/mol. The summed E-state index contributed by atoms with van der Waals surface area (Å²) < 4.78 is 26.3. The van der Waals surface area contributed by atoms with E-state index in [4.69, 9.17) is 0 Å². The van der Waals surface area contributed by atoms with Gasteiger partial charge in [-0.25, -0.2) is 8.78 Å². The minimum atomic E-state index is -1.05. The zero-order valence-electron chi connectivity index (χ0n) is 11.5. The molecule has 1 N–H and O–H groups in total. The fraction of sp³-hybridized carbons (Fsp3) is 0.429. The number of hydrogen-bond acceptors (Lipinski definition) is 2. The first kappa shape index (κ1) is 14.4. The van der Waals surface area contributed by atoms with Crippen LogP contribution < -0.4 is 10.2 Å². The molecule has 0 radical (unpaired) electrons. The summed E-state index contributed by atoms with van der Waals surface area (Å²) in [6.45, 7) is 4.94. The number of carbonyl (C=O) groups is 2. The molecule has 2 rings (SSSR count). The van der Waals surface area contributed by atoms with E-state index in [1.807, 2.05) is 0 Å². The number of nitrogens with zero attached hydrogens (tertiary/aromatic N) is 1. The molecule has 2 unspecified atom stereocenters. The van der Waals surface area contributed by atoms with Crippen molar-refractivity contribution in [2.24, 2.45) is 0 Å². The van der Waals surface area contributed by atoms with Crippen molar-refractivity contribution in [2.75, 3.05) is 4.90 Å². The van der Waals surface area contributed by atoms with Crippen LogP contribution in [0.25, 0.3) is 0 Å². The number of rotatable bonds is 2. The number of anilines is 1. The molecule has 2 atom stereocenters. The Kier molecular flexibility index (Phi) is 3.50. The van der Waals surface area contributed by atoms with E-state index in [0.29, 0.717) is 6.42 Å². The molecule has 0 aliphatic carbocycles. The van der Waals surface area contributed by atoms with Crippen molar-refractivity contribution in [1.82, 2.24) is 5.32 Å². The summed E-state index contributed by atoms with van der Waals surface area (Å²) >= 11 is 0. The van der Waals surface area contributed by atoms with Crippen LogP contribution in [0.5, 0.6) is 0 Å². The van der Waals surface area contributed by atoms with Gasteiger partial charge in [0.2, 0.25) is 5.91 Å². The van der Waals surface area contributed by atoms with Crippen molar-refractivity contribution in [2.45, 2.75) is 38.8 Å². The maximum absolute atomic E-state index is 13.3. The smallest absolute Gasteiger partial charge is 0.253 e. The van der Waals surface area contributed by atoms with Crippen LogP contribution in [-0.2, 0) is 9.59 Å². The Morgan fingerprint density at radius 1 is 1.30 bits per heavy atom. The summed E-state index contributed by atoms with van der Waals surface area (Å²) in [6, 6.07) is 2.40. The van der Waals surface area contributed by atoms with Crippen molar-refractivity contribution >= 4 is 17.5 Å². The maximum Gasteiger partial charge on any atom is 0.253 e. The van der Waals surface area contributed by atoms with E-state index >= 15 is 0 Å². The lowest BCUT2D eigenvalue weighted by molar-refractivity contribution is -0.137. The molecule has 2 amide bonds. The van der Waals surface area contributed by atoms with E-state index < -0.39 is 23.2 Å². The molecule has 20 heavy (non-hydrogen) atoms. The topological polar surface area (TPSA) is 49.4 Å². The lowest BCUT2D eigenvalue weighted by Crippen LogP contribution is -2.68. The third-order valence-corrected chi connectivity index (χ3v) is 3.75. The minimum absolute atomic E-state index is 0.177. The number of carbonyl (C=O) groups excluding carboxylic acids is 2. The van der Waals surface area contributed by atoms with E-state index in [2.05, 4.69) is 5.32 Å². The van der Waals surface area contributed by atoms with Crippen LogP contribution in [0.2, 0.25) is 0 Å². The van der Waals surface area contributed by atoms with Gasteiger partial charge in [0.05, 0.1) is 0 Å². The standard InChI is InChI=1S/C14H16F2N2O2/c1-4-14(3)13(20)18(8(2)12(19)17-14)9-5-6-10(15)11(16)7-9/h5-8H,4H2,1-3H3,(H,17,19). The van der Waals surface area contributed by atoms with Gasteiger partial charge in [0.15, 0.2) is 11.6 Å². The first-order chi connectivity index (χ1) is 9.30. The van der Waals surface area contributed by atoms with E-state index in [-0.39, 0.29) is 17.5 Å². The Bertz CT molecular complexity index is 576. The third kappa shape index (κ3) is 2.15. The van der Waals surface area contributed by atoms with Crippen LogP contribution in [0.15, 0.2) is 18.2 Å². The third-order valence-electron chi connectivity index (χ3n) is 3.75. The fourth-order valence-electron chi connectivity index (χ4n) is 2.20. The fourth-order valence-corrected chi connectivity index (χ4v) is 2.20. The van der Waals surface area contributed by atoms with Crippen LogP contribution in [0.4, 0.5) is 14.5 Å². The molecule has 1 aliphatic heterocycles. The van der Waals surface area contributed by atoms with Crippen LogP contribution in [0.1, 0.15) is 27.2 Å². The molecule has 1 fully saturated rings. The maximum atomic E-state index is 13.3. The number of benzene rings is 1. The Hall–Kier alpha value is -1.98. The van der Waals surface area contributed by atoms with E-state index in [0.717, 1.165) is 12.1 Å². The number of nitrogens with one attached hydrogen (secondary N) is 1. The summed E-state index contributed by atoms with van der Waals surface area (Å²) in [7, 11) is 0. The van der Waals surface area contributed by atoms with Gasteiger partial charge in [0, 0.05) is 11.8 Å². The predicted molar refractivity (Wildman–Crippen MR) is 70.1 cm³/mol. The van der Waals surface area contributed by atoms with Crippen molar-refractivity contribution in [3.05, 3.63) is 29.8 Å². The van der Waals surface area contributed by atoms with Gasteiger partial charge < -0.3 is 5.32 Å². The van der Waals surface area contributed by atoms with Crippen LogP contribution >= 0.6 is 0 Å². The molecular formula is C14H16F2N2O2. The number of halogens is 2. The number of amides is 2. The van der Waals surface area contributed by atoms with E-state index in [1.54, 1.807) is 20.8 Å². The summed E-state index contributed by atoms with van der Waals surface area (Å²) in [4.78, 5) is 25.7. The Morgan fingerprint density at radius 3 is 2.50 bits per heavy atom. The van der Waals surface area contributed by atoms with Crippen molar-refractivity contribution in [3.63, 3.8) is 0 Å². The Balaban J connectivity index is 2.48. The molecule has 0 bridgehead atoms. The molecule has 4 nitrogen and oxygen atoms in total. The zero-order chi connectivity index (χ0) is 15.1. The first-order valence-corrected chi connectivity index (χ1v) is 6.41. The summed E-state index contributed by atoms with van der Waals surface area (Å²) in [5, 5.41) is 2.67. The predicted octanol–water partition coefficient (Wildman–Crippen LogP) is 1.98. The SMILES string of the molecule is CCC1(C)NC(=O)C(C)N(c2ccc(F)c(F)c2)C1=O. The molecule has 1 heterocycles. The summed E-state index contributed by atoms with van der Waals surface area (Å²) in [6.07, 6.45) is 0.407. The van der Waals surface area contributed by atoms with Gasteiger partial charge in [-0.15, -0.1) is 0 Å². The highest BCUT2D eigenvalue weighted by atomic mass is 19.2. The van der Waals surface area contributed by atoms with Crippen LogP contribution in [-0.4, -0.2) is 23.4 Å². The van der Waals surface area contributed by atoms with Crippen molar-refractivity contribution in [1.29, 1.82) is 0 Å². The molecule has 0 spiro atoms. The van der Waals surface area contributed by atoms with Crippen molar-refractivity contribution in [3.8, 4) is 0 Å². The second-order valence-corrected chi connectivity index (χ2v) is 5.12. The second-order valence-electron chi connectivity index (χ2n) is 5.12. The zero-order valence-corrected chi connectivity index (χ0v) is 11.5. The quantitative estimate of drug-likeness (QED) is 0.901. The summed E-state index contributed by atoms with van der Waals surface area (Å²) in [5.41, 5.74) is -0.856. The highest BCUT2D eigenvalue weighted by Crippen LogP contribution is 2.28.